The van der Waals surface area contributed by atoms with E-state index in [4.69, 9.17) is 5.73 Å². The third-order valence-corrected chi connectivity index (χ3v) is 3.82. The van der Waals surface area contributed by atoms with Crippen LogP contribution in [-0.2, 0) is 6.42 Å². The van der Waals surface area contributed by atoms with Gasteiger partial charge >= 0.3 is 0 Å². The maximum atomic E-state index is 6.29. The highest BCUT2D eigenvalue weighted by Gasteiger charge is 2.10. The van der Waals surface area contributed by atoms with Crippen molar-refractivity contribution in [3.63, 3.8) is 0 Å². The lowest BCUT2D eigenvalue weighted by Gasteiger charge is -2.14. The Hall–Kier alpha value is -1.12. The number of halogens is 1. The Kier molecular flexibility index (Phi) is 4.20. The molecule has 0 heterocycles. The lowest BCUT2D eigenvalue weighted by atomic mass is 9.98. The first-order valence-corrected chi connectivity index (χ1v) is 6.93. The molecule has 1 nitrogen and oxygen atoms in total. The topological polar surface area (TPSA) is 26.0 Å². The molecule has 0 spiro atoms. The van der Waals surface area contributed by atoms with Crippen LogP contribution >= 0.6 is 15.9 Å². The minimum absolute atomic E-state index is 0.0303. The summed E-state index contributed by atoms with van der Waals surface area (Å²) >= 11 is 3.59. The molecule has 2 aromatic carbocycles. The molecule has 94 valence electrons. The van der Waals surface area contributed by atoms with Gasteiger partial charge in [-0.05, 0) is 43.0 Å². The first-order valence-electron chi connectivity index (χ1n) is 6.13. The second-order valence-corrected chi connectivity index (χ2v) is 5.68. The fraction of sp³-hybridized carbons (Fsp3) is 0.250. The van der Waals surface area contributed by atoms with Crippen molar-refractivity contribution >= 4 is 15.9 Å². The number of hydrogen-bond donors (Lipinski definition) is 1. The highest BCUT2D eigenvalue weighted by molar-refractivity contribution is 9.10. The van der Waals surface area contributed by atoms with Crippen molar-refractivity contribution in [3.05, 3.63) is 69.2 Å². The summed E-state index contributed by atoms with van der Waals surface area (Å²) in [5.41, 5.74) is 11.3. The van der Waals surface area contributed by atoms with Crippen molar-refractivity contribution < 1.29 is 0 Å². The molecular weight excluding hydrogens is 286 g/mol. The van der Waals surface area contributed by atoms with Crippen LogP contribution < -0.4 is 5.73 Å². The van der Waals surface area contributed by atoms with Gasteiger partial charge in [0, 0.05) is 10.5 Å². The van der Waals surface area contributed by atoms with E-state index in [0.717, 1.165) is 10.9 Å². The maximum absolute atomic E-state index is 6.29. The standard InChI is InChI=1S/C16H18BrN/c1-11-3-6-13(7-4-11)10-16(18)14-8-5-12(2)9-15(14)17/h3-9,16H,10,18H2,1-2H3. The van der Waals surface area contributed by atoms with E-state index >= 15 is 0 Å². The number of benzene rings is 2. The van der Waals surface area contributed by atoms with Crippen LogP contribution in [0.25, 0.3) is 0 Å². The highest BCUT2D eigenvalue weighted by Crippen LogP contribution is 2.25. The molecule has 0 saturated heterocycles. The summed E-state index contributed by atoms with van der Waals surface area (Å²) in [6, 6.07) is 14.9. The number of hydrogen-bond acceptors (Lipinski definition) is 1. The normalized spacial score (nSPS) is 12.4. The molecule has 0 bridgehead atoms. The van der Waals surface area contributed by atoms with Crippen molar-refractivity contribution in [2.45, 2.75) is 26.3 Å². The summed E-state index contributed by atoms with van der Waals surface area (Å²) in [7, 11) is 0. The summed E-state index contributed by atoms with van der Waals surface area (Å²) in [4.78, 5) is 0. The fourth-order valence-corrected chi connectivity index (χ4v) is 2.81. The summed E-state index contributed by atoms with van der Waals surface area (Å²) in [5.74, 6) is 0. The van der Waals surface area contributed by atoms with Gasteiger partial charge in [-0.15, -0.1) is 0 Å². The van der Waals surface area contributed by atoms with Gasteiger partial charge in [0.25, 0.3) is 0 Å². The van der Waals surface area contributed by atoms with Gasteiger partial charge < -0.3 is 5.73 Å². The summed E-state index contributed by atoms with van der Waals surface area (Å²) in [6.45, 7) is 4.18. The average Bonchev–Trinajstić information content (AvgIpc) is 2.32. The molecule has 0 aliphatic carbocycles. The van der Waals surface area contributed by atoms with E-state index in [1.165, 1.54) is 22.3 Å². The molecule has 2 aromatic rings. The van der Waals surface area contributed by atoms with E-state index in [1.54, 1.807) is 0 Å². The van der Waals surface area contributed by atoms with Crippen LogP contribution in [0.5, 0.6) is 0 Å². The van der Waals surface area contributed by atoms with Gasteiger partial charge in [0.15, 0.2) is 0 Å². The van der Waals surface area contributed by atoms with Gasteiger partial charge in [0.05, 0.1) is 0 Å². The number of nitrogens with two attached hydrogens (primary N) is 1. The molecule has 0 fully saturated rings. The van der Waals surface area contributed by atoms with Crippen molar-refractivity contribution in [3.8, 4) is 0 Å². The fourth-order valence-electron chi connectivity index (χ4n) is 2.02. The molecule has 1 atom stereocenters. The van der Waals surface area contributed by atoms with E-state index in [2.05, 4.69) is 72.2 Å². The average molecular weight is 304 g/mol. The van der Waals surface area contributed by atoms with Gasteiger partial charge in [0.2, 0.25) is 0 Å². The Morgan fingerprint density at radius 1 is 1.00 bits per heavy atom. The third kappa shape index (κ3) is 3.21. The molecule has 18 heavy (non-hydrogen) atoms. The molecule has 0 amide bonds. The first kappa shape index (κ1) is 13.3. The highest BCUT2D eigenvalue weighted by atomic mass is 79.9. The van der Waals surface area contributed by atoms with Gasteiger partial charge in [-0.25, -0.2) is 0 Å². The largest absolute Gasteiger partial charge is 0.324 e. The van der Waals surface area contributed by atoms with Crippen LogP contribution in [0.2, 0.25) is 0 Å². The predicted octanol–water partition coefficient (Wildman–Crippen LogP) is 4.31. The summed E-state index contributed by atoms with van der Waals surface area (Å²) in [6.07, 6.45) is 0.863. The van der Waals surface area contributed by atoms with Gasteiger partial charge in [-0.3, -0.25) is 0 Å². The van der Waals surface area contributed by atoms with E-state index in [-0.39, 0.29) is 6.04 Å². The summed E-state index contributed by atoms with van der Waals surface area (Å²) in [5, 5.41) is 0. The smallest absolute Gasteiger partial charge is 0.0347 e. The lowest BCUT2D eigenvalue weighted by Crippen LogP contribution is -2.14. The molecule has 2 N–H and O–H groups in total. The Labute approximate surface area is 117 Å². The zero-order valence-corrected chi connectivity index (χ0v) is 12.4. The Balaban J connectivity index is 2.16. The van der Waals surface area contributed by atoms with Crippen molar-refractivity contribution in [1.82, 2.24) is 0 Å². The Bertz CT molecular complexity index is 531. The van der Waals surface area contributed by atoms with Crippen LogP contribution in [0.3, 0.4) is 0 Å². The Morgan fingerprint density at radius 3 is 2.22 bits per heavy atom. The number of aryl methyl sites for hydroxylation is 2. The van der Waals surface area contributed by atoms with E-state index in [0.29, 0.717) is 0 Å². The molecule has 0 aliphatic rings. The minimum Gasteiger partial charge on any atom is -0.324 e. The van der Waals surface area contributed by atoms with Gasteiger partial charge in [-0.2, -0.15) is 0 Å². The second kappa shape index (κ2) is 5.68. The van der Waals surface area contributed by atoms with Crippen LogP contribution in [0.4, 0.5) is 0 Å². The summed E-state index contributed by atoms with van der Waals surface area (Å²) < 4.78 is 1.10. The molecule has 2 heteroatoms. The van der Waals surface area contributed by atoms with Crippen LogP contribution in [0.15, 0.2) is 46.9 Å². The van der Waals surface area contributed by atoms with Crippen LogP contribution in [0, 0.1) is 13.8 Å². The second-order valence-electron chi connectivity index (χ2n) is 4.82. The molecule has 1 unspecified atom stereocenters. The SMILES string of the molecule is Cc1ccc(CC(N)c2ccc(C)cc2Br)cc1. The third-order valence-electron chi connectivity index (χ3n) is 3.13. The van der Waals surface area contributed by atoms with Gasteiger partial charge in [0.1, 0.15) is 0 Å². The van der Waals surface area contributed by atoms with Crippen molar-refractivity contribution in [2.24, 2.45) is 5.73 Å². The quantitative estimate of drug-likeness (QED) is 0.898. The molecule has 0 radical (unpaired) electrons. The molecule has 2 rings (SSSR count). The molecule has 0 aromatic heterocycles. The van der Waals surface area contributed by atoms with E-state index < -0.39 is 0 Å². The zero-order chi connectivity index (χ0) is 13.1. The molecular formula is C16H18BrN. The zero-order valence-electron chi connectivity index (χ0n) is 10.8. The van der Waals surface area contributed by atoms with Crippen molar-refractivity contribution in [2.75, 3.05) is 0 Å². The monoisotopic (exact) mass is 303 g/mol. The first-order chi connectivity index (χ1) is 8.56. The lowest BCUT2D eigenvalue weighted by molar-refractivity contribution is 0.718. The number of rotatable bonds is 3. The van der Waals surface area contributed by atoms with Crippen molar-refractivity contribution in [1.29, 1.82) is 0 Å². The molecule has 0 aliphatic heterocycles. The minimum atomic E-state index is 0.0303. The Morgan fingerprint density at radius 2 is 1.61 bits per heavy atom. The van der Waals surface area contributed by atoms with E-state index in [9.17, 15) is 0 Å². The maximum Gasteiger partial charge on any atom is 0.0347 e. The predicted molar refractivity (Wildman–Crippen MR) is 80.7 cm³/mol. The van der Waals surface area contributed by atoms with E-state index in [1.807, 2.05) is 0 Å². The van der Waals surface area contributed by atoms with Gasteiger partial charge in [-0.1, -0.05) is 57.9 Å². The van der Waals surface area contributed by atoms with Crippen LogP contribution in [-0.4, -0.2) is 0 Å². The van der Waals surface area contributed by atoms with Crippen LogP contribution in [0.1, 0.15) is 28.3 Å². The molecule has 0 saturated carbocycles.